The Morgan fingerprint density at radius 3 is 2.23 bits per heavy atom. The van der Waals surface area contributed by atoms with Crippen LogP contribution in [0.3, 0.4) is 0 Å². The van der Waals surface area contributed by atoms with E-state index >= 15 is 0 Å². The Morgan fingerprint density at radius 2 is 1.67 bits per heavy atom. The lowest BCUT2D eigenvalue weighted by atomic mass is 10.1. The number of hydrogen-bond acceptors (Lipinski definition) is 4. The molecule has 7 heteroatoms. The first-order chi connectivity index (χ1) is 14.3. The first-order valence-electron chi connectivity index (χ1n) is 10.3. The number of carbonyl (C=O) groups excluding carboxylic acids is 1. The summed E-state index contributed by atoms with van der Waals surface area (Å²) >= 11 is 0. The smallest absolute Gasteiger partial charge is 0.339 e. The van der Waals surface area contributed by atoms with E-state index in [-0.39, 0.29) is 22.6 Å². The van der Waals surface area contributed by atoms with E-state index in [1.165, 1.54) is 0 Å². The van der Waals surface area contributed by atoms with Crippen LogP contribution >= 0.6 is 0 Å². The van der Waals surface area contributed by atoms with Crippen molar-refractivity contribution >= 4 is 16.0 Å². The van der Waals surface area contributed by atoms with Crippen molar-refractivity contribution in [3.8, 4) is 5.75 Å². The summed E-state index contributed by atoms with van der Waals surface area (Å²) in [5.74, 6) is -0.224. The molecule has 1 amide bonds. The molecule has 30 heavy (non-hydrogen) atoms. The number of hydrogen-bond donors (Lipinski definition) is 0. The van der Waals surface area contributed by atoms with Crippen LogP contribution in [0.15, 0.2) is 53.4 Å². The lowest BCUT2D eigenvalue weighted by molar-refractivity contribution is -0.134. The third kappa shape index (κ3) is 6.83. The van der Waals surface area contributed by atoms with E-state index in [1.807, 2.05) is 18.7 Å². The molecule has 0 fully saturated rings. The van der Waals surface area contributed by atoms with Gasteiger partial charge in [0.2, 0.25) is 5.91 Å². The van der Waals surface area contributed by atoms with E-state index in [1.54, 1.807) is 24.3 Å². The second kappa shape index (κ2) is 11.1. The molecule has 0 aliphatic heterocycles. The molecule has 0 aliphatic rings. The molecule has 0 spiro atoms. The van der Waals surface area contributed by atoms with Gasteiger partial charge in [-0.1, -0.05) is 38.8 Å². The van der Waals surface area contributed by atoms with Crippen LogP contribution in [-0.2, 0) is 21.5 Å². The van der Waals surface area contributed by atoms with Gasteiger partial charge in [0.25, 0.3) is 0 Å². The maximum Gasteiger partial charge on any atom is 0.339 e. The zero-order valence-corrected chi connectivity index (χ0v) is 18.6. The first-order valence-corrected chi connectivity index (χ1v) is 11.8. The van der Waals surface area contributed by atoms with Crippen LogP contribution in [0.5, 0.6) is 5.75 Å². The summed E-state index contributed by atoms with van der Waals surface area (Å²) in [6, 6.07) is 11.2. The van der Waals surface area contributed by atoms with E-state index in [0.29, 0.717) is 13.0 Å². The number of carbonyl (C=O) groups is 1. The SMILES string of the molecule is CCCCCC(=O)N(Cc1ccc(OS(=O)(=O)c2ccc(F)cc2)cc1)C(C)CC. The van der Waals surface area contributed by atoms with Gasteiger partial charge in [-0.05, 0) is 61.7 Å². The molecule has 0 heterocycles. The van der Waals surface area contributed by atoms with E-state index in [0.717, 1.165) is 55.5 Å². The fourth-order valence-corrected chi connectivity index (χ4v) is 3.93. The van der Waals surface area contributed by atoms with Crippen LogP contribution < -0.4 is 4.18 Å². The van der Waals surface area contributed by atoms with Crippen LogP contribution in [0.1, 0.15) is 58.4 Å². The Balaban J connectivity index is 2.07. The van der Waals surface area contributed by atoms with Crippen LogP contribution in [-0.4, -0.2) is 25.3 Å². The van der Waals surface area contributed by atoms with E-state index in [4.69, 9.17) is 4.18 Å². The van der Waals surface area contributed by atoms with Gasteiger partial charge in [0.15, 0.2) is 0 Å². The van der Waals surface area contributed by atoms with Crippen LogP contribution in [0.2, 0.25) is 0 Å². The monoisotopic (exact) mass is 435 g/mol. The molecule has 2 aromatic rings. The largest absolute Gasteiger partial charge is 0.379 e. The minimum atomic E-state index is -4.04. The van der Waals surface area contributed by atoms with Crippen molar-refractivity contribution in [3.63, 3.8) is 0 Å². The van der Waals surface area contributed by atoms with Crippen molar-refractivity contribution < 1.29 is 21.8 Å². The lowest BCUT2D eigenvalue weighted by Gasteiger charge is -2.29. The predicted octanol–water partition coefficient (Wildman–Crippen LogP) is 5.30. The van der Waals surface area contributed by atoms with E-state index < -0.39 is 15.9 Å². The minimum Gasteiger partial charge on any atom is -0.379 e. The number of halogens is 1. The highest BCUT2D eigenvalue weighted by atomic mass is 32.2. The number of rotatable bonds is 11. The summed E-state index contributed by atoms with van der Waals surface area (Å²) < 4.78 is 42.8. The van der Waals surface area contributed by atoms with Crippen LogP contribution in [0.25, 0.3) is 0 Å². The second-order valence-corrected chi connectivity index (χ2v) is 8.92. The van der Waals surface area contributed by atoms with Crippen molar-refractivity contribution in [2.75, 3.05) is 0 Å². The molecule has 0 saturated carbocycles. The zero-order valence-electron chi connectivity index (χ0n) is 17.8. The van der Waals surface area contributed by atoms with Gasteiger partial charge in [0.05, 0.1) is 0 Å². The molecule has 0 radical (unpaired) electrons. The molecule has 2 aromatic carbocycles. The van der Waals surface area contributed by atoms with Gasteiger partial charge in [0.1, 0.15) is 16.5 Å². The molecule has 5 nitrogen and oxygen atoms in total. The molecule has 1 atom stereocenters. The molecule has 1 unspecified atom stereocenters. The van der Waals surface area contributed by atoms with Crippen molar-refractivity contribution in [2.45, 2.75) is 70.4 Å². The molecule has 0 bridgehead atoms. The summed E-state index contributed by atoms with van der Waals surface area (Å²) in [7, 11) is -4.04. The Morgan fingerprint density at radius 1 is 1.03 bits per heavy atom. The molecule has 0 aliphatic carbocycles. The van der Waals surface area contributed by atoms with Gasteiger partial charge >= 0.3 is 10.1 Å². The highest BCUT2D eigenvalue weighted by molar-refractivity contribution is 7.87. The summed E-state index contributed by atoms with van der Waals surface area (Å²) in [5.41, 5.74) is 0.894. The standard InChI is InChI=1S/C23H30FNO4S/c1-4-6-7-8-23(26)25(18(3)5-2)17-19-9-13-21(14-10-19)29-30(27,28)22-15-11-20(24)12-16-22/h9-16,18H,4-8,17H2,1-3H3. The van der Waals surface area contributed by atoms with Crippen LogP contribution in [0.4, 0.5) is 4.39 Å². The molecule has 2 rings (SSSR count). The summed E-state index contributed by atoms with van der Waals surface area (Å²) in [5, 5.41) is 0. The maximum absolute atomic E-state index is 13.0. The third-order valence-corrected chi connectivity index (χ3v) is 6.28. The van der Waals surface area contributed by atoms with Crippen LogP contribution in [0, 0.1) is 5.82 Å². The number of amides is 1. The van der Waals surface area contributed by atoms with Gasteiger partial charge in [-0.2, -0.15) is 8.42 Å². The second-order valence-electron chi connectivity index (χ2n) is 7.37. The lowest BCUT2D eigenvalue weighted by Crippen LogP contribution is -2.37. The normalized spacial score (nSPS) is 12.4. The number of benzene rings is 2. The van der Waals surface area contributed by atoms with Crippen molar-refractivity contribution in [3.05, 3.63) is 59.9 Å². The fourth-order valence-electron chi connectivity index (χ4n) is 3.00. The molecule has 0 aromatic heterocycles. The van der Waals surface area contributed by atoms with Gasteiger partial charge < -0.3 is 9.08 Å². The minimum absolute atomic E-state index is 0.117. The molecular formula is C23H30FNO4S. The summed E-state index contributed by atoms with van der Waals surface area (Å²) in [6.45, 7) is 6.65. The van der Waals surface area contributed by atoms with Gasteiger partial charge in [0, 0.05) is 19.0 Å². The Labute approximate surface area is 179 Å². The van der Waals surface area contributed by atoms with Gasteiger partial charge in [-0.25, -0.2) is 4.39 Å². The Kier molecular flexibility index (Phi) is 8.84. The van der Waals surface area contributed by atoms with Gasteiger partial charge in [-0.15, -0.1) is 0 Å². The van der Waals surface area contributed by atoms with Crippen molar-refractivity contribution in [1.82, 2.24) is 4.90 Å². The Bertz CT molecular complexity index is 911. The van der Waals surface area contributed by atoms with E-state index in [9.17, 15) is 17.6 Å². The molecule has 0 saturated heterocycles. The topological polar surface area (TPSA) is 63.7 Å². The number of unbranched alkanes of at least 4 members (excludes halogenated alkanes) is 2. The highest BCUT2D eigenvalue weighted by Crippen LogP contribution is 2.21. The number of nitrogens with zero attached hydrogens (tertiary/aromatic N) is 1. The predicted molar refractivity (Wildman–Crippen MR) is 115 cm³/mol. The average Bonchev–Trinajstić information content (AvgIpc) is 2.72. The average molecular weight is 436 g/mol. The quantitative estimate of drug-likeness (QED) is 0.355. The highest BCUT2D eigenvalue weighted by Gasteiger charge is 2.20. The van der Waals surface area contributed by atoms with Gasteiger partial charge in [-0.3, -0.25) is 4.79 Å². The fraction of sp³-hybridized carbons (Fsp3) is 0.435. The third-order valence-electron chi connectivity index (χ3n) is 5.02. The summed E-state index contributed by atoms with van der Waals surface area (Å²) in [4.78, 5) is 14.4. The van der Waals surface area contributed by atoms with E-state index in [2.05, 4.69) is 6.92 Å². The molecule has 0 N–H and O–H groups in total. The van der Waals surface area contributed by atoms with Crippen molar-refractivity contribution in [2.24, 2.45) is 0 Å². The molecular weight excluding hydrogens is 405 g/mol. The zero-order chi connectivity index (χ0) is 22.1. The molecule has 164 valence electrons. The summed E-state index contributed by atoms with van der Waals surface area (Å²) in [6.07, 6.45) is 4.38. The van der Waals surface area contributed by atoms with Crippen molar-refractivity contribution in [1.29, 1.82) is 0 Å². The first kappa shape index (κ1) is 23.9. The Hall–Kier alpha value is -2.41. The maximum atomic E-state index is 13.0.